The maximum absolute atomic E-state index is 11.0. The number of unbranched alkanes of at least 4 members (excludes halogenated alkanes) is 3. The van der Waals surface area contributed by atoms with Gasteiger partial charge in [-0.25, -0.2) is 0 Å². The van der Waals surface area contributed by atoms with E-state index in [4.69, 9.17) is 9.47 Å². The first-order valence-electron chi connectivity index (χ1n) is 6.66. The molecule has 0 saturated heterocycles. The lowest BCUT2D eigenvalue weighted by molar-refractivity contribution is -0.153. The van der Waals surface area contributed by atoms with Gasteiger partial charge in [0.2, 0.25) is 0 Å². The van der Waals surface area contributed by atoms with E-state index in [0.29, 0.717) is 6.61 Å². The summed E-state index contributed by atoms with van der Waals surface area (Å²) in [6, 6.07) is 0. The van der Waals surface area contributed by atoms with Crippen molar-refractivity contribution in [3.8, 4) is 0 Å². The Kier molecular flexibility index (Phi) is 8.23. The van der Waals surface area contributed by atoms with Crippen LogP contribution in [0.1, 0.15) is 66.7 Å². The van der Waals surface area contributed by atoms with E-state index in [0.717, 1.165) is 12.8 Å². The van der Waals surface area contributed by atoms with Crippen molar-refractivity contribution < 1.29 is 14.3 Å². The van der Waals surface area contributed by atoms with Gasteiger partial charge in [0.15, 0.2) is 0 Å². The van der Waals surface area contributed by atoms with E-state index in [-0.39, 0.29) is 17.7 Å². The Morgan fingerprint density at radius 2 is 1.82 bits per heavy atom. The first-order valence-corrected chi connectivity index (χ1v) is 6.66. The third-order valence-electron chi connectivity index (χ3n) is 2.41. The number of carbonyl (C=O) groups is 1. The monoisotopic (exact) mass is 244 g/mol. The van der Waals surface area contributed by atoms with Crippen LogP contribution in [-0.2, 0) is 14.3 Å². The second-order valence-electron chi connectivity index (χ2n) is 5.50. The zero-order valence-electron chi connectivity index (χ0n) is 12.0. The first-order chi connectivity index (χ1) is 7.85. The second kappa shape index (κ2) is 8.51. The number of hydrogen-bond donors (Lipinski definition) is 0. The molecule has 1 atom stereocenters. The van der Waals surface area contributed by atoms with E-state index in [2.05, 4.69) is 6.92 Å². The van der Waals surface area contributed by atoms with Gasteiger partial charge < -0.3 is 9.47 Å². The fraction of sp³-hybridized carbons (Fsp3) is 0.929. The Morgan fingerprint density at radius 1 is 1.18 bits per heavy atom. The Balaban J connectivity index is 3.92. The lowest BCUT2D eigenvalue weighted by atomic mass is 10.1. The van der Waals surface area contributed by atoms with Crippen molar-refractivity contribution in [1.29, 1.82) is 0 Å². The molecule has 0 aromatic carbocycles. The van der Waals surface area contributed by atoms with Gasteiger partial charge in [-0.05, 0) is 33.6 Å². The molecule has 3 heteroatoms. The largest absolute Gasteiger partial charge is 0.460 e. The fourth-order valence-electron chi connectivity index (χ4n) is 1.55. The normalized spacial score (nSPS) is 13.5. The third kappa shape index (κ3) is 11.7. The summed E-state index contributed by atoms with van der Waals surface area (Å²) in [7, 11) is 0. The summed E-state index contributed by atoms with van der Waals surface area (Å²) in [5.41, 5.74) is -0.179. The van der Waals surface area contributed by atoms with Gasteiger partial charge in [-0.15, -0.1) is 0 Å². The smallest absolute Gasteiger partial charge is 0.302 e. The van der Waals surface area contributed by atoms with E-state index in [1.807, 2.05) is 20.8 Å². The zero-order chi connectivity index (χ0) is 13.3. The summed E-state index contributed by atoms with van der Waals surface area (Å²) in [4.78, 5) is 11.0. The van der Waals surface area contributed by atoms with Gasteiger partial charge in [0.1, 0.15) is 6.10 Å². The molecule has 0 N–H and O–H groups in total. The highest BCUT2D eigenvalue weighted by Gasteiger charge is 2.17. The molecule has 0 aliphatic rings. The summed E-state index contributed by atoms with van der Waals surface area (Å²) in [5.74, 6) is -0.219. The number of rotatable bonds is 8. The van der Waals surface area contributed by atoms with E-state index in [1.54, 1.807) is 0 Å². The van der Waals surface area contributed by atoms with Crippen LogP contribution in [0.15, 0.2) is 0 Å². The molecule has 0 heterocycles. The molecule has 0 aliphatic heterocycles. The van der Waals surface area contributed by atoms with Crippen LogP contribution < -0.4 is 0 Å². The molecule has 17 heavy (non-hydrogen) atoms. The summed E-state index contributed by atoms with van der Waals surface area (Å²) in [6.07, 6.45) is 5.56. The van der Waals surface area contributed by atoms with Crippen LogP contribution in [0.5, 0.6) is 0 Å². The molecule has 0 aromatic heterocycles. The van der Waals surface area contributed by atoms with Crippen molar-refractivity contribution >= 4 is 5.97 Å². The molecule has 0 saturated carbocycles. The maximum Gasteiger partial charge on any atom is 0.302 e. The number of carbonyl (C=O) groups excluding carboxylic acids is 1. The van der Waals surface area contributed by atoms with Crippen LogP contribution in [-0.4, -0.2) is 24.3 Å². The molecular formula is C14H28O3. The van der Waals surface area contributed by atoms with E-state index < -0.39 is 0 Å². The quantitative estimate of drug-likeness (QED) is 0.482. The number of esters is 1. The van der Waals surface area contributed by atoms with E-state index in [1.165, 1.54) is 26.2 Å². The Morgan fingerprint density at radius 3 is 2.29 bits per heavy atom. The molecule has 0 amide bonds. The molecule has 0 radical (unpaired) electrons. The standard InChI is InChI=1S/C14H28O3/c1-6-7-8-9-10-13(17-12(2)15)11-16-14(3,4)5/h13H,6-11H2,1-5H3. The third-order valence-corrected chi connectivity index (χ3v) is 2.41. The minimum atomic E-state index is -0.219. The predicted octanol–water partition coefficient (Wildman–Crippen LogP) is 3.70. The first kappa shape index (κ1) is 16.4. The van der Waals surface area contributed by atoms with Crippen molar-refractivity contribution in [2.24, 2.45) is 0 Å². The van der Waals surface area contributed by atoms with Crippen LogP contribution in [0.4, 0.5) is 0 Å². The molecule has 0 fully saturated rings. The molecule has 102 valence electrons. The van der Waals surface area contributed by atoms with Crippen LogP contribution in [0, 0.1) is 0 Å². The molecule has 0 aliphatic carbocycles. The van der Waals surface area contributed by atoms with Crippen molar-refractivity contribution in [3.05, 3.63) is 0 Å². The summed E-state index contributed by atoms with van der Waals surface area (Å²) >= 11 is 0. The van der Waals surface area contributed by atoms with E-state index in [9.17, 15) is 4.79 Å². The van der Waals surface area contributed by atoms with Crippen molar-refractivity contribution in [2.75, 3.05) is 6.61 Å². The topological polar surface area (TPSA) is 35.5 Å². The van der Waals surface area contributed by atoms with Gasteiger partial charge in [-0.1, -0.05) is 26.2 Å². The van der Waals surface area contributed by atoms with Crippen LogP contribution in [0.25, 0.3) is 0 Å². The highest BCUT2D eigenvalue weighted by molar-refractivity contribution is 5.66. The molecule has 1 unspecified atom stereocenters. The molecular weight excluding hydrogens is 216 g/mol. The maximum atomic E-state index is 11.0. The summed E-state index contributed by atoms with van der Waals surface area (Å²) in [5, 5.41) is 0. The second-order valence-corrected chi connectivity index (χ2v) is 5.50. The van der Waals surface area contributed by atoms with Gasteiger partial charge >= 0.3 is 5.97 Å². The minimum absolute atomic E-state index is 0.0939. The zero-order valence-corrected chi connectivity index (χ0v) is 12.0. The van der Waals surface area contributed by atoms with Crippen molar-refractivity contribution in [2.45, 2.75) is 78.4 Å². The highest BCUT2D eigenvalue weighted by atomic mass is 16.6. The summed E-state index contributed by atoms with van der Waals surface area (Å²) in [6.45, 7) is 10.2. The predicted molar refractivity (Wildman–Crippen MR) is 70.0 cm³/mol. The van der Waals surface area contributed by atoms with E-state index >= 15 is 0 Å². The van der Waals surface area contributed by atoms with Gasteiger partial charge in [0.25, 0.3) is 0 Å². The van der Waals surface area contributed by atoms with Gasteiger partial charge in [0.05, 0.1) is 12.2 Å². The molecule has 3 nitrogen and oxygen atoms in total. The van der Waals surface area contributed by atoms with Gasteiger partial charge in [0, 0.05) is 6.92 Å². The summed E-state index contributed by atoms with van der Waals surface area (Å²) < 4.78 is 10.9. The Hall–Kier alpha value is -0.570. The minimum Gasteiger partial charge on any atom is -0.460 e. The van der Waals surface area contributed by atoms with Crippen molar-refractivity contribution in [3.63, 3.8) is 0 Å². The van der Waals surface area contributed by atoms with Gasteiger partial charge in [-0.2, -0.15) is 0 Å². The fourth-order valence-corrected chi connectivity index (χ4v) is 1.55. The Bertz CT molecular complexity index is 206. The average molecular weight is 244 g/mol. The van der Waals surface area contributed by atoms with Crippen LogP contribution in [0.3, 0.4) is 0 Å². The molecule has 0 aromatic rings. The molecule has 0 rings (SSSR count). The molecule has 0 bridgehead atoms. The molecule has 0 spiro atoms. The van der Waals surface area contributed by atoms with Crippen LogP contribution in [0.2, 0.25) is 0 Å². The number of ether oxygens (including phenoxy) is 2. The van der Waals surface area contributed by atoms with Crippen LogP contribution >= 0.6 is 0 Å². The lowest BCUT2D eigenvalue weighted by Crippen LogP contribution is -2.29. The number of hydrogen-bond acceptors (Lipinski definition) is 3. The average Bonchev–Trinajstić information content (AvgIpc) is 2.18. The van der Waals surface area contributed by atoms with Crippen molar-refractivity contribution in [1.82, 2.24) is 0 Å². The highest BCUT2D eigenvalue weighted by Crippen LogP contribution is 2.13. The van der Waals surface area contributed by atoms with Gasteiger partial charge in [-0.3, -0.25) is 4.79 Å². The SMILES string of the molecule is CCCCCCC(COC(C)(C)C)OC(C)=O. The lowest BCUT2D eigenvalue weighted by Gasteiger charge is -2.24. The Labute approximate surface area is 106 Å².